The molecule has 0 bridgehead atoms. The molecule has 0 fully saturated rings. The van der Waals surface area contributed by atoms with Crippen LogP contribution in [0, 0.1) is 0 Å². The molecule has 0 heterocycles. The molecule has 1 atom stereocenters. The third-order valence-electron chi connectivity index (χ3n) is 3.15. The van der Waals surface area contributed by atoms with Crippen molar-refractivity contribution in [1.29, 1.82) is 0 Å². The molecule has 1 N–H and O–H groups in total. The lowest BCUT2D eigenvalue weighted by molar-refractivity contribution is -0.275. The Labute approximate surface area is 112 Å². The molecule has 1 aromatic carbocycles. The van der Waals surface area contributed by atoms with Gasteiger partial charge in [0.25, 0.3) is 0 Å². The summed E-state index contributed by atoms with van der Waals surface area (Å²) in [6.45, 7) is 5.83. The second kappa shape index (κ2) is 5.82. The van der Waals surface area contributed by atoms with Gasteiger partial charge < -0.3 is 10.1 Å². The van der Waals surface area contributed by atoms with Crippen molar-refractivity contribution in [3.05, 3.63) is 29.8 Å². The van der Waals surface area contributed by atoms with Crippen molar-refractivity contribution in [2.75, 3.05) is 7.05 Å². The van der Waals surface area contributed by atoms with Crippen LogP contribution in [0.5, 0.6) is 5.75 Å². The molecule has 5 heteroatoms. The highest BCUT2D eigenvalue weighted by molar-refractivity contribution is 5.39. The molecule has 0 aromatic heterocycles. The Morgan fingerprint density at radius 2 is 1.79 bits per heavy atom. The number of nitrogens with one attached hydrogen (secondary N) is 1. The van der Waals surface area contributed by atoms with Crippen LogP contribution in [0.15, 0.2) is 24.3 Å². The molecule has 0 saturated carbocycles. The van der Waals surface area contributed by atoms with E-state index < -0.39 is 11.8 Å². The predicted molar refractivity (Wildman–Crippen MR) is 69.3 cm³/mol. The highest BCUT2D eigenvalue weighted by Crippen LogP contribution is 2.37. The Hall–Kier alpha value is -1.23. The summed E-state index contributed by atoms with van der Waals surface area (Å²) >= 11 is 0. The first-order valence-electron chi connectivity index (χ1n) is 6.18. The number of para-hydroxylation sites is 1. The SMILES string of the molecule is CNC(C)CC(C)(C)c1ccccc1OC(F)(F)F. The molecule has 1 unspecified atom stereocenters. The zero-order chi connectivity index (χ0) is 14.7. The summed E-state index contributed by atoms with van der Waals surface area (Å²) in [4.78, 5) is 0. The van der Waals surface area contributed by atoms with E-state index in [1.807, 2.05) is 27.8 Å². The summed E-state index contributed by atoms with van der Waals surface area (Å²) in [5, 5.41) is 3.10. The number of rotatable bonds is 5. The van der Waals surface area contributed by atoms with Gasteiger partial charge in [0, 0.05) is 11.6 Å². The quantitative estimate of drug-likeness (QED) is 0.881. The minimum absolute atomic E-state index is 0.122. The van der Waals surface area contributed by atoms with Crippen LogP contribution in [0.1, 0.15) is 32.8 Å². The maximum absolute atomic E-state index is 12.4. The van der Waals surface area contributed by atoms with Gasteiger partial charge in [-0.3, -0.25) is 0 Å². The average Bonchev–Trinajstić information content (AvgIpc) is 2.26. The number of halogens is 3. The first-order chi connectivity index (χ1) is 8.65. The van der Waals surface area contributed by atoms with Crippen LogP contribution < -0.4 is 10.1 Å². The standard InChI is InChI=1S/C14H20F3NO/c1-10(18-4)9-13(2,3)11-7-5-6-8-12(11)19-14(15,16)17/h5-8,10,18H,9H2,1-4H3. The highest BCUT2D eigenvalue weighted by Gasteiger charge is 2.34. The van der Waals surface area contributed by atoms with Crippen LogP contribution >= 0.6 is 0 Å². The number of alkyl halides is 3. The molecule has 0 aliphatic heterocycles. The van der Waals surface area contributed by atoms with Crippen LogP contribution in [0.4, 0.5) is 13.2 Å². The van der Waals surface area contributed by atoms with Gasteiger partial charge in [-0.2, -0.15) is 0 Å². The topological polar surface area (TPSA) is 21.3 Å². The zero-order valence-electron chi connectivity index (χ0n) is 11.6. The Bertz CT molecular complexity index is 415. The summed E-state index contributed by atoms with van der Waals surface area (Å²) in [5.41, 5.74) is 0.152. The van der Waals surface area contributed by atoms with Crippen molar-refractivity contribution in [1.82, 2.24) is 5.32 Å². The van der Waals surface area contributed by atoms with Gasteiger partial charge in [-0.1, -0.05) is 32.0 Å². The smallest absolute Gasteiger partial charge is 0.405 e. The number of hydrogen-bond acceptors (Lipinski definition) is 2. The zero-order valence-corrected chi connectivity index (χ0v) is 11.6. The molecule has 1 rings (SSSR count). The van der Waals surface area contributed by atoms with E-state index in [9.17, 15) is 13.2 Å². The maximum Gasteiger partial charge on any atom is 0.573 e. The van der Waals surface area contributed by atoms with Crippen LogP contribution in [0.2, 0.25) is 0 Å². The Morgan fingerprint density at radius 1 is 1.21 bits per heavy atom. The average molecular weight is 275 g/mol. The molecule has 0 aliphatic rings. The van der Waals surface area contributed by atoms with Gasteiger partial charge >= 0.3 is 6.36 Å². The fraction of sp³-hybridized carbons (Fsp3) is 0.571. The van der Waals surface area contributed by atoms with Crippen LogP contribution in [0.3, 0.4) is 0 Å². The van der Waals surface area contributed by atoms with E-state index >= 15 is 0 Å². The minimum atomic E-state index is -4.67. The molecular weight excluding hydrogens is 255 g/mol. The van der Waals surface area contributed by atoms with Gasteiger partial charge in [0.2, 0.25) is 0 Å². The van der Waals surface area contributed by atoms with Gasteiger partial charge in [0.15, 0.2) is 0 Å². The molecule has 0 saturated heterocycles. The summed E-state index contributed by atoms with van der Waals surface area (Å²) in [5.74, 6) is -0.122. The summed E-state index contributed by atoms with van der Waals surface area (Å²) in [6, 6.07) is 6.51. The van der Waals surface area contributed by atoms with E-state index in [2.05, 4.69) is 10.1 Å². The predicted octanol–water partition coefficient (Wildman–Crippen LogP) is 3.86. The van der Waals surface area contributed by atoms with E-state index in [0.29, 0.717) is 12.0 Å². The van der Waals surface area contributed by atoms with Crippen LogP contribution in [0.25, 0.3) is 0 Å². The lowest BCUT2D eigenvalue weighted by Gasteiger charge is -2.30. The molecule has 0 spiro atoms. The maximum atomic E-state index is 12.4. The van der Waals surface area contributed by atoms with Crippen molar-refractivity contribution in [2.45, 2.75) is 45.0 Å². The molecular formula is C14H20F3NO. The summed E-state index contributed by atoms with van der Waals surface area (Å²) < 4.78 is 41.3. The number of hydrogen-bond donors (Lipinski definition) is 1. The van der Waals surface area contributed by atoms with Gasteiger partial charge in [-0.15, -0.1) is 13.2 Å². The van der Waals surface area contributed by atoms with E-state index in [1.165, 1.54) is 6.07 Å². The van der Waals surface area contributed by atoms with E-state index in [0.717, 1.165) is 0 Å². The van der Waals surface area contributed by atoms with Crippen molar-refractivity contribution >= 4 is 0 Å². The second-order valence-electron chi connectivity index (χ2n) is 5.32. The molecule has 2 nitrogen and oxygen atoms in total. The molecule has 0 aliphatic carbocycles. The fourth-order valence-electron chi connectivity index (χ4n) is 2.22. The van der Waals surface area contributed by atoms with E-state index in [4.69, 9.17) is 0 Å². The normalized spacial score (nSPS) is 14.3. The van der Waals surface area contributed by atoms with Crippen molar-refractivity contribution < 1.29 is 17.9 Å². The van der Waals surface area contributed by atoms with Crippen molar-refractivity contribution in [3.63, 3.8) is 0 Å². The van der Waals surface area contributed by atoms with Crippen LogP contribution in [-0.2, 0) is 5.41 Å². The lowest BCUT2D eigenvalue weighted by atomic mass is 9.79. The summed E-state index contributed by atoms with van der Waals surface area (Å²) in [6.07, 6.45) is -3.96. The Kier molecular flexibility index (Phi) is 4.85. The van der Waals surface area contributed by atoms with E-state index in [1.54, 1.807) is 18.2 Å². The third-order valence-corrected chi connectivity index (χ3v) is 3.15. The number of ether oxygens (including phenoxy) is 1. The third kappa shape index (κ3) is 4.74. The number of benzene rings is 1. The van der Waals surface area contributed by atoms with Gasteiger partial charge in [0.1, 0.15) is 5.75 Å². The Balaban J connectivity index is 3.05. The molecule has 108 valence electrons. The van der Waals surface area contributed by atoms with Crippen molar-refractivity contribution in [3.8, 4) is 5.75 Å². The first-order valence-corrected chi connectivity index (χ1v) is 6.18. The van der Waals surface area contributed by atoms with Gasteiger partial charge in [0.05, 0.1) is 0 Å². The second-order valence-corrected chi connectivity index (χ2v) is 5.32. The fourth-order valence-corrected chi connectivity index (χ4v) is 2.22. The van der Waals surface area contributed by atoms with E-state index in [-0.39, 0.29) is 11.8 Å². The summed E-state index contributed by atoms with van der Waals surface area (Å²) in [7, 11) is 1.83. The Morgan fingerprint density at radius 3 is 2.32 bits per heavy atom. The van der Waals surface area contributed by atoms with Crippen LogP contribution in [-0.4, -0.2) is 19.5 Å². The van der Waals surface area contributed by atoms with Gasteiger partial charge in [-0.25, -0.2) is 0 Å². The van der Waals surface area contributed by atoms with Gasteiger partial charge in [-0.05, 0) is 31.9 Å². The molecule has 19 heavy (non-hydrogen) atoms. The van der Waals surface area contributed by atoms with Crippen molar-refractivity contribution in [2.24, 2.45) is 0 Å². The molecule has 1 aromatic rings. The minimum Gasteiger partial charge on any atom is -0.405 e. The first kappa shape index (κ1) is 15.8. The monoisotopic (exact) mass is 275 g/mol. The molecule has 0 amide bonds. The largest absolute Gasteiger partial charge is 0.573 e. The lowest BCUT2D eigenvalue weighted by Crippen LogP contribution is -2.31. The molecule has 0 radical (unpaired) electrons. The highest BCUT2D eigenvalue weighted by atomic mass is 19.4.